The zero-order chi connectivity index (χ0) is 14.3. The smallest absolute Gasteiger partial charge is 0.333 e. The van der Waals surface area contributed by atoms with Crippen molar-refractivity contribution in [2.24, 2.45) is 0 Å². The molecule has 1 atom stereocenters. The van der Waals surface area contributed by atoms with E-state index in [1.165, 1.54) is 18.2 Å². The molecule has 0 heterocycles. The molecule has 1 N–H and O–H groups in total. The average Bonchev–Trinajstić information content (AvgIpc) is 2.43. The Balaban J connectivity index is 2.54. The summed E-state index contributed by atoms with van der Waals surface area (Å²) in [6.45, 7) is 6.80. The molecule has 0 amide bonds. The van der Waals surface area contributed by atoms with Crippen molar-refractivity contribution in [2.45, 2.75) is 33.2 Å². The van der Waals surface area contributed by atoms with Crippen LogP contribution >= 0.6 is 0 Å². The Kier molecular flexibility index (Phi) is 6.30. The molecule has 19 heavy (non-hydrogen) atoms. The van der Waals surface area contributed by atoms with Crippen LogP contribution < -0.4 is 5.32 Å². The highest BCUT2D eigenvalue weighted by molar-refractivity contribution is 5.88. The van der Waals surface area contributed by atoms with Gasteiger partial charge in [0.25, 0.3) is 0 Å². The van der Waals surface area contributed by atoms with Gasteiger partial charge in [-0.25, -0.2) is 4.79 Å². The third-order valence-corrected chi connectivity index (χ3v) is 3.18. The Morgan fingerprint density at radius 3 is 2.53 bits per heavy atom. The first-order valence-corrected chi connectivity index (χ1v) is 6.65. The highest BCUT2D eigenvalue weighted by Crippen LogP contribution is 2.13. The predicted molar refractivity (Wildman–Crippen MR) is 78.0 cm³/mol. The second kappa shape index (κ2) is 7.74. The summed E-state index contributed by atoms with van der Waals surface area (Å²) in [5.41, 5.74) is 3.22. The highest BCUT2D eigenvalue weighted by Gasteiger charge is 2.07. The number of esters is 1. The molecule has 0 aliphatic heterocycles. The minimum absolute atomic E-state index is 0.243. The third kappa shape index (κ3) is 4.87. The SMILES string of the molecule is CC/C(=C/CN[C@H](C)c1ccc(C)cc1)C(=O)OC. The Bertz CT molecular complexity index is 435. The molecule has 0 saturated carbocycles. The normalized spacial score (nSPS) is 13.2. The molecule has 0 aliphatic carbocycles. The van der Waals surface area contributed by atoms with Crippen molar-refractivity contribution < 1.29 is 9.53 Å². The second-order valence-electron chi connectivity index (χ2n) is 4.62. The second-order valence-corrected chi connectivity index (χ2v) is 4.62. The number of hydrogen-bond acceptors (Lipinski definition) is 3. The summed E-state index contributed by atoms with van der Waals surface area (Å²) in [6, 6.07) is 8.72. The van der Waals surface area contributed by atoms with Crippen LogP contribution in [0.4, 0.5) is 0 Å². The van der Waals surface area contributed by atoms with Gasteiger partial charge in [-0.1, -0.05) is 42.8 Å². The zero-order valence-corrected chi connectivity index (χ0v) is 12.2. The minimum atomic E-state index is -0.243. The predicted octanol–water partition coefficient (Wildman–Crippen LogP) is 3.16. The molecule has 3 nitrogen and oxygen atoms in total. The zero-order valence-electron chi connectivity index (χ0n) is 12.2. The van der Waals surface area contributed by atoms with Crippen LogP contribution in [-0.4, -0.2) is 19.6 Å². The van der Waals surface area contributed by atoms with E-state index in [0.717, 1.165) is 0 Å². The lowest BCUT2D eigenvalue weighted by atomic mass is 10.1. The summed E-state index contributed by atoms with van der Waals surface area (Å²) >= 11 is 0. The molecular weight excluding hydrogens is 238 g/mol. The molecule has 1 aromatic rings. The third-order valence-electron chi connectivity index (χ3n) is 3.18. The van der Waals surface area contributed by atoms with Gasteiger partial charge in [0.1, 0.15) is 0 Å². The van der Waals surface area contributed by atoms with Crippen LogP contribution in [0.3, 0.4) is 0 Å². The molecule has 0 spiro atoms. The minimum Gasteiger partial charge on any atom is -0.466 e. The van der Waals surface area contributed by atoms with E-state index in [1.54, 1.807) is 0 Å². The molecule has 0 aromatic heterocycles. The van der Waals surface area contributed by atoms with Crippen LogP contribution in [0.5, 0.6) is 0 Å². The van der Waals surface area contributed by atoms with E-state index in [9.17, 15) is 4.79 Å². The van der Waals surface area contributed by atoms with Gasteiger partial charge < -0.3 is 10.1 Å². The van der Waals surface area contributed by atoms with Crippen molar-refractivity contribution in [3.05, 3.63) is 47.0 Å². The van der Waals surface area contributed by atoms with E-state index in [4.69, 9.17) is 4.74 Å². The van der Waals surface area contributed by atoms with E-state index < -0.39 is 0 Å². The van der Waals surface area contributed by atoms with E-state index in [-0.39, 0.29) is 12.0 Å². The lowest BCUT2D eigenvalue weighted by Crippen LogP contribution is -2.19. The molecule has 1 aromatic carbocycles. The summed E-state index contributed by atoms with van der Waals surface area (Å²) in [6.07, 6.45) is 2.59. The summed E-state index contributed by atoms with van der Waals surface area (Å²) in [7, 11) is 1.41. The van der Waals surface area contributed by atoms with Crippen molar-refractivity contribution in [3.8, 4) is 0 Å². The van der Waals surface area contributed by atoms with Gasteiger partial charge in [-0.2, -0.15) is 0 Å². The molecule has 0 saturated heterocycles. The quantitative estimate of drug-likeness (QED) is 0.631. The van der Waals surface area contributed by atoms with Crippen LogP contribution in [0.25, 0.3) is 0 Å². The first-order chi connectivity index (χ1) is 9.08. The summed E-state index contributed by atoms with van der Waals surface area (Å²) < 4.78 is 4.72. The van der Waals surface area contributed by atoms with Gasteiger partial charge in [0.15, 0.2) is 0 Å². The van der Waals surface area contributed by atoms with Crippen LogP contribution in [0.15, 0.2) is 35.9 Å². The van der Waals surface area contributed by atoms with E-state index in [0.29, 0.717) is 18.5 Å². The Morgan fingerprint density at radius 2 is 2.00 bits per heavy atom. The Labute approximate surface area is 115 Å². The average molecular weight is 261 g/mol. The number of aryl methyl sites for hydroxylation is 1. The van der Waals surface area contributed by atoms with Gasteiger partial charge in [-0.15, -0.1) is 0 Å². The summed E-state index contributed by atoms with van der Waals surface area (Å²) in [4.78, 5) is 11.4. The number of methoxy groups -OCH3 is 1. The molecule has 104 valence electrons. The maximum Gasteiger partial charge on any atom is 0.333 e. The number of ether oxygens (including phenoxy) is 1. The Morgan fingerprint density at radius 1 is 1.37 bits per heavy atom. The monoisotopic (exact) mass is 261 g/mol. The van der Waals surface area contributed by atoms with E-state index in [2.05, 4.69) is 43.4 Å². The standard InChI is InChI=1S/C16H23NO2/c1-5-14(16(18)19-4)10-11-17-13(3)15-8-6-12(2)7-9-15/h6-10,13,17H,5,11H2,1-4H3/b14-10-/t13-/m1/s1. The molecule has 0 fully saturated rings. The molecule has 0 aliphatic rings. The van der Waals surface area contributed by atoms with Crippen molar-refractivity contribution in [1.82, 2.24) is 5.32 Å². The fourth-order valence-corrected chi connectivity index (χ4v) is 1.83. The van der Waals surface area contributed by atoms with E-state index >= 15 is 0 Å². The van der Waals surface area contributed by atoms with Gasteiger partial charge in [0.05, 0.1) is 7.11 Å². The van der Waals surface area contributed by atoms with Gasteiger partial charge in [-0.3, -0.25) is 0 Å². The van der Waals surface area contributed by atoms with Crippen molar-refractivity contribution in [3.63, 3.8) is 0 Å². The lowest BCUT2D eigenvalue weighted by Gasteiger charge is -2.13. The first-order valence-electron chi connectivity index (χ1n) is 6.65. The topological polar surface area (TPSA) is 38.3 Å². The maximum atomic E-state index is 11.4. The van der Waals surface area contributed by atoms with E-state index in [1.807, 2.05) is 13.0 Å². The number of carbonyl (C=O) groups excluding carboxylic acids is 1. The molecular formula is C16H23NO2. The first kappa shape index (κ1) is 15.4. The van der Waals surface area contributed by atoms with Crippen molar-refractivity contribution in [2.75, 3.05) is 13.7 Å². The number of carbonyl (C=O) groups is 1. The number of benzene rings is 1. The Hall–Kier alpha value is -1.61. The fourth-order valence-electron chi connectivity index (χ4n) is 1.83. The number of nitrogens with one attached hydrogen (secondary N) is 1. The van der Waals surface area contributed by atoms with Gasteiger partial charge in [-0.05, 0) is 25.8 Å². The van der Waals surface area contributed by atoms with Gasteiger partial charge in [0, 0.05) is 18.2 Å². The molecule has 1 rings (SSSR count). The van der Waals surface area contributed by atoms with Crippen LogP contribution in [0, 0.1) is 6.92 Å². The van der Waals surface area contributed by atoms with Crippen LogP contribution in [-0.2, 0) is 9.53 Å². The van der Waals surface area contributed by atoms with Crippen LogP contribution in [0.2, 0.25) is 0 Å². The molecule has 0 radical (unpaired) electrons. The van der Waals surface area contributed by atoms with Gasteiger partial charge >= 0.3 is 5.97 Å². The lowest BCUT2D eigenvalue weighted by molar-refractivity contribution is -0.136. The molecule has 3 heteroatoms. The highest BCUT2D eigenvalue weighted by atomic mass is 16.5. The fraction of sp³-hybridized carbons (Fsp3) is 0.438. The molecule has 0 bridgehead atoms. The van der Waals surface area contributed by atoms with Crippen molar-refractivity contribution >= 4 is 5.97 Å². The van der Waals surface area contributed by atoms with Crippen molar-refractivity contribution in [1.29, 1.82) is 0 Å². The summed E-state index contributed by atoms with van der Waals surface area (Å²) in [5.74, 6) is -0.243. The largest absolute Gasteiger partial charge is 0.466 e. The number of rotatable bonds is 6. The maximum absolute atomic E-state index is 11.4. The molecule has 0 unspecified atom stereocenters. The van der Waals surface area contributed by atoms with Crippen LogP contribution in [0.1, 0.15) is 37.4 Å². The number of hydrogen-bond donors (Lipinski definition) is 1. The summed E-state index contributed by atoms with van der Waals surface area (Å²) in [5, 5.41) is 3.38. The van der Waals surface area contributed by atoms with Gasteiger partial charge in [0.2, 0.25) is 0 Å².